The van der Waals surface area contributed by atoms with Crippen molar-refractivity contribution in [2.24, 2.45) is 0 Å². The van der Waals surface area contributed by atoms with Gasteiger partial charge in [-0.2, -0.15) is 0 Å². The molecule has 3 nitrogen and oxygen atoms in total. The number of benzene rings is 1. The van der Waals surface area contributed by atoms with Crippen LogP contribution in [0.3, 0.4) is 0 Å². The molecule has 120 valence electrons. The van der Waals surface area contributed by atoms with Crippen LogP contribution >= 0.6 is 0 Å². The van der Waals surface area contributed by atoms with Crippen molar-refractivity contribution in [3.05, 3.63) is 35.0 Å². The summed E-state index contributed by atoms with van der Waals surface area (Å²) in [5, 5.41) is 10.8. The lowest BCUT2D eigenvalue weighted by Crippen LogP contribution is -2.05. The molecule has 0 aliphatic heterocycles. The van der Waals surface area contributed by atoms with E-state index in [1.165, 1.54) is 5.56 Å². The van der Waals surface area contributed by atoms with E-state index in [0.717, 1.165) is 35.9 Å². The molecule has 0 fully saturated rings. The van der Waals surface area contributed by atoms with E-state index < -0.39 is 5.97 Å². The van der Waals surface area contributed by atoms with Crippen LogP contribution in [0.25, 0.3) is 10.9 Å². The number of nitrogens with zero attached hydrogens (tertiary/aromatic N) is 1. The molecule has 0 bridgehead atoms. The fraction of sp³-hybridized carbons (Fsp3) is 0.526. The molecule has 0 aliphatic carbocycles. The van der Waals surface area contributed by atoms with Crippen LogP contribution in [0.4, 0.5) is 0 Å². The van der Waals surface area contributed by atoms with Crippen molar-refractivity contribution in [1.82, 2.24) is 4.57 Å². The molecule has 1 heterocycles. The highest BCUT2D eigenvalue weighted by atomic mass is 16.4. The van der Waals surface area contributed by atoms with Gasteiger partial charge in [0.25, 0.3) is 0 Å². The van der Waals surface area contributed by atoms with E-state index >= 15 is 0 Å². The Labute approximate surface area is 133 Å². The van der Waals surface area contributed by atoms with Gasteiger partial charge < -0.3 is 9.67 Å². The van der Waals surface area contributed by atoms with Crippen LogP contribution < -0.4 is 0 Å². The van der Waals surface area contributed by atoms with Gasteiger partial charge in [0.05, 0.1) is 11.1 Å². The van der Waals surface area contributed by atoms with Crippen LogP contribution in [-0.4, -0.2) is 15.6 Å². The van der Waals surface area contributed by atoms with Crippen LogP contribution in [0.5, 0.6) is 0 Å². The maximum atomic E-state index is 11.8. The van der Waals surface area contributed by atoms with E-state index in [9.17, 15) is 9.90 Å². The lowest BCUT2D eigenvalue weighted by Gasteiger charge is -2.12. The standard InChI is InChI=1S/C19H27NO2/c1-6-7-8-20-11-17(13(4)5)15-9-14(12(2)3)10-16(18(15)20)19(21)22/h9-13H,6-8H2,1-5H3,(H,21,22). The highest BCUT2D eigenvalue weighted by molar-refractivity contribution is 6.04. The first-order chi connectivity index (χ1) is 10.4. The molecule has 0 atom stereocenters. The molecule has 0 saturated heterocycles. The number of aromatic nitrogens is 1. The third-order valence-corrected chi connectivity index (χ3v) is 4.30. The van der Waals surface area contributed by atoms with Gasteiger partial charge in [0, 0.05) is 18.1 Å². The Morgan fingerprint density at radius 3 is 2.36 bits per heavy atom. The quantitative estimate of drug-likeness (QED) is 0.777. The first kappa shape index (κ1) is 16.6. The van der Waals surface area contributed by atoms with Crippen molar-refractivity contribution < 1.29 is 9.90 Å². The molecule has 2 rings (SSSR count). The fourth-order valence-corrected chi connectivity index (χ4v) is 2.95. The Bertz CT molecular complexity index is 680. The van der Waals surface area contributed by atoms with Gasteiger partial charge in [-0.05, 0) is 41.5 Å². The van der Waals surface area contributed by atoms with Crippen molar-refractivity contribution in [3.8, 4) is 0 Å². The number of carboxylic acid groups (broad SMARTS) is 1. The van der Waals surface area contributed by atoms with E-state index in [-0.39, 0.29) is 0 Å². The second kappa shape index (κ2) is 6.55. The Hall–Kier alpha value is -1.77. The molecule has 2 aromatic rings. The van der Waals surface area contributed by atoms with Crippen LogP contribution in [0, 0.1) is 0 Å². The van der Waals surface area contributed by atoms with E-state index in [0.29, 0.717) is 17.4 Å². The first-order valence-corrected chi connectivity index (χ1v) is 8.26. The van der Waals surface area contributed by atoms with Gasteiger partial charge in [-0.25, -0.2) is 4.79 Å². The summed E-state index contributed by atoms with van der Waals surface area (Å²) in [7, 11) is 0. The molecule has 1 aromatic carbocycles. The minimum atomic E-state index is -0.835. The smallest absolute Gasteiger partial charge is 0.337 e. The Morgan fingerprint density at radius 2 is 1.86 bits per heavy atom. The average molecular weight is 301 g/mol. The number of hydrogen-bond donors (Lipinski definition) is 1. The molecular formula is C19H27NO2. The van der Waals surface area contributed by atoms with E-state index in [1.807, 2.05) is 6.07 Å². The Kier molecular flexibility index (Phi) is 4.94. The maximum Gasteiger partial charge on any atom is 0.337 e. The van der Waals surface area contributed by atoms with Gasteiger partial charge in [0.2, 0.25) is 0 Å². The summed E-state index contributed by atoms with van der Waals surface area (Å²) >= 11 is 0. The number of hydrogen-bond acceptors (Lipinski definition) is 1. The van der Waals surface area contributed by atoms with E-state index in [1.54, 1.807) is 0 Å². The Balaban J connectivity index is 2.79. The average Bonchev–Trinajstić information content (AvgIpc) is 2.82. The molecule has 3 heteroatoms. The second-order valence-electron chi connectivity index (χ2n) is 6.71. The topological polar surface area (TPSA) is 42.2 Å². The van der Waals surface area contributed by atoms with Crippen molar-refractivity contribution in [1.29, 1.82) is 0 Å². The fourth-order valence-electron chi connectivity index (χ4n) is 2.95. The molecule has 0 amide bonds. The van der Waals surface area contributed by atoms with Gasteiger partial charge in [-0.1, -0.05) is 41.0 Å². The summed E-state index contributed by atoms with van der Waals surface area (Å²) in [6.07, 6.45) is 4.32. The molecule has 0 aliphatic rings. The van der Waals surface area contributed by atoms with Gasteiger partial charge in [0.1, 0.15) is 0 Å². The van der Waals surface area contributed by atoms with Crippen molar-refractivity contribution in [3.63, 3.8) is 0 Å². The predicted octanol–water partition coefficient (Wildman–Crippen LogP) is 5.39. The highest BCUT2D eigenvalue weighted by Gasteiger charge is 2.20. The van der Waals surface area contributed by atoms with Crippen LogP contribution in [0.1, 0.15) is 80.8 Å². The van der Waals surface area contributed by atoms with Gasteiger partial charge in [-0.3, -0.25) is 0 Å². The summed E-state index contributed by atoms with van der Waals surface area (Å²) < 4.78 is 2.14. The Morgan fingerprint density at radius 1 is 1.18 bits per heavy atom. The molecular weight excluding hydrogens is 274 g/mol. The summed E-state index contributed by atoms with van der Waals surface area (Å²) in [5.74, 6) is -0.130. The highest BCUT2D eigenvalue weighted by Crippen LogP contribution is 2.33. The summed E-state index contributed by atoms with van der Waals surface area (Å²) in [6, 6.07) is 4.03. The summed E-state index contributed by atoms with van der Waals surface area (Å²) in [6.45, 7) is 11.6. The van der Waals surface area contributed by atoms with Gasteiger partial charge in [0.15, 0.2) is 0 Å². The van der Waals surface area contributed by atoms with Gasteiger partial charge >= 0.3 is 5.97 Å². The minimum Gasteiger partial charge on any atom is -0.478 e. The SMILES string of the molecule is CCCCn1cc(C(C)C)c2cc(C(C)C)cc(C(=O)O)c21. The monoisotopic (exact) mass is 301 g/mol. The van der Waals surface area contributed by atoms with E-state index in [2.05, 4.69) is 51.4 Å². The second-order valence-corrected chi connectivity index (χ2v) is 6.71. The number of carbonyl (C=O) groups is 1. The molecule has 0 radical (unpaired) electrons. The number of fused-ring (bicyclic) bond motifs is 1. The zero-order valence-corrected chi connectivity index (χ0v) is 14.3. The number of unbranched alkanes of at least 4 members (excludes halogenated alkanes) is 1. The zero-order chi connectivity index (χ0) is 16.4. The van der Waals surface area contributed by atoms with Crippen LogP contribution in [0.15, 0.2) is 18.3 Å². The third-order valence-electron chi connectivity index (χ3n) is 4.30. The molecule has 0 saturated carbocycles. The molecule has 1 N–H and O–H groups in total. The molecule has 0 spiro atoms. The lowest BCUT2D eigenvalue weighted by molar-refractivity contribution is 0.0698. The predicted molar refractivity (Wildman–Crippen MR) is 92.0 cm³/mol. The van der Waals surface area contributed by atoms with Crippen molar-refractivity contribution >= 4 is 16.9 Å². The largest absolute Gasteiger partial charge is 0.478 e. The number of carboxylic acids is 1. The summed E-state index contributed by atoms with van der Waals surface area (Å²) in [5.41, 5.74) is 3.66. The number of aromatic carboxylic acids is 1. The first-order valence-electron chi connectivity index (χ1n) is 8.26. The van der Waals surface area contributed by atoms with Crippen LogP contribution in [-0.2, 0) is 6.54 Å². The third kappa shape index (κ3) is 3.03. The molecule has 22 heavy (non-hydrogen) atoms. The van der Waals surface area contributed by atoms with Gasteiger partial charge in [-0.15, -0.1) is 0 Å². The maximum absolute atomic E-state index is 11.8. The summed E-state index contributed by atoms with van der Waals surface area (Å²) in [4.78, 5) is 11.8. The molecule has 1 aromatic heterocycles. The zero-order valence-electron chi connectivity index (χ0n) is 14.3. The van der Waals surface area contributed by atoms with E-state index in [4.69, 9.17) is 0 Å². The minimum absolute atomic E-state index is 0.321. The molecule has 0 unspecified atom stereocenters. The normalized spacial score (nSPS) is 11.8. The number of rotatable bonds is 6. The van der Waals surface area contributed by atoms with Crippen molar-refractivity contribution in [2.75, 3.05) is 0 Å². The lowest BCUT2D eigenvalue weighted by atomic mass is 9.94. The van der Waals surface area contributed by atoms with Crippen molar-refractivity contribution in [2.45, 2.75) is 65.8 Å². The number of aryl methyl sites for hydroxylation is 1. The van der Waals surface area contributed by atoms with Crippen LogP contribution in [0.2, 0.25) is 0 Å².